The van der Waals surface area contributed by atoms with Crippen LogP contribution in [0.1, 0.15) is 11.5 Å². The van der Waals surface area contributed by atoms with Gasteiger partial charge in [0, 0.05) is 17.0 Å². The van der Waals surface area contributed by atoms with Crippen LogP contribution in [0.15, 0.2) is 52.3 Å². The van der Waals surface area contributed by atoms with E-state index in [1.165, 1.54) is 35.6 Å². The Morgan fingerprint density at radius 3 is 2.74 bits per heavy atom. The number of amides is 1. The number of esters is 1. The van der Waals surface area contributed by atoms with Crippen molar-refractivity contribution in [2.45, 2.75) is 6.92 Å². The highest BCUT2D eigenvalue weighted by Gasteiger charge is 2.10. The van der Waals surface area contributed by atoms with E-state index in [4.69, 9.17) is 9.15 Å². The predicted molar refractivity (Wildman–Crippen MR) is 99.6 cm³/mol. The maximum atomic E-state index is 13.0. The molecule has 1 aromatic carbocycles. The number of thiazole rings is 1. The fraction of sp³-hybridized carbons (Fsp3) is 0.105. The summed E-state index contributed by atoms with van der Waals surface area (Å²) in [5.74, 6) is -0.257. The zero-order chi connectivity index (χ0) is 19.2. The number of rotatable bonds is 6. The summed E-state index contributed by atoms with van der Waals surface area (Å²) in [5.41, 5.74) is 1.35. The van der Waals surface area contributed by atoms with Crippen molar-refractivity contribution in [2.24, 2.45) is 0 Å². The third-order valence-electron chi connectivity index (χ3n) is 3.38. The van der Waals surface area contributed by atoms with Crippen molar-refractivity contribution in [1.82, 2.24) is 4.98 Å². The van der Waals surface area contributed by atoms with E-state index in [0.29, 0.717) is 16.6 Å². The smallest absolute Gasteiger partial charge is 0.331 e. The summed E-state index contributed by atoms with van der Waals surface area (Å²) in [7, 11) is 0. The highest BCUT2D eigenvalue weighted by atomic mass is 32.1. The number of hydrogen-bond donors (Lipinski definition) is 1. The minimum atomic E-state index is -0.662. The van der Waals surface area contributed by atoms with Crippen LogP contribution in [0.25, 0.3) is 17.3 Å². The average molecular weight is 386 g/mol. The molecule has 0 aliphatic heterocycles. The van der Waals surface area contributed by atoms with E-state index < -0.39 is 18.5 Å². The van der Waals surface area contributed by atoms with E-state index in [2.05, 4.69) is 10.3 Å². The zero-order valence-corrected chi connectivity index (χ0v) is 15.1. The van der Waals surface area contributed by atoms with Gasteiger partial charge < -0.3 is 9.15 Å². The highest BCUT2D eigenvalue weighted by molar-refractivity contribution is 7.14. The minimum absolute atomic E-state index is 0.333. The van der Waals surface area contributed by atoms with Gasteiger partial charge in [-0.15, -0.1) is 11.3 Å². The molecule has 8 heteroatoms. The average Bonchev–Trinajstić information content (AvgIpc) is 3.28. The quantitative estimate of drug-likeness (QED) is 0.511. The number of anilines is 1. The molecule has 0 radical (unpaired) electrons. The van der Waals surface area contributed by atoms with Gasteiger partial charge in [0.25, 0.3) is 5.91 Å². The van der Waals surface area contributed by atoms with Gasteiger partial charge in [-0.05, 0) is 49.4 Å². The maximum absolute atomic E-state index is 13.0. The molecule has 0 spiro atoms. The molecule has 0 aliphatic carbocycles. The van der Waals surface area contributed by atoms with Gasteiger partial charge in [-0.25, -0.2) is 14.2 Å². The highest BCUT2D eigenvalue weighted by Crippen LogP contribution is 2.24. The number of ether oxygens (including phenoxy) is 1. The van der Waals surface area contributed by atoms with Crippen molar-refractivity contribution in [2.75, 3.05) is 11.9 Å². The fourth-order valence-corrected chi connectivity index (χ4v) is 2.85. The molecule has 3 aromatic rings. The lowest BCUT2D eigenvalue weighted by Crippen LogP contribution is -2.20. The lowest BCUT2D eigenvalue weighted by atomic mass is 10.2. The molecule has 1 N–H and O–H groups in total. The van der Waals surface area contributed by atoms with E-state index in [0.717, 1.165) is 11.3 Å². The minimum Gasteiger partial charge on any atom is -0.462 e. The number of carbonyl (C=O) groups excluding carboxylic acids is 2. The monoisotopic (exact) mass is 386 g/mol. The fourth-order valence-electron chi connectivity index (χ4n) is 2.12. The van der Waals surface area contributed by atoms with Gasteiger partial charge in [0.15, 0.2) is 11.7 Å². The number of nitrogens with zero attached hydrogens (tertiary/aromatic N) is 1. The third-order valence-corrected chi connectivity index (χ3v) is 4.14. The standard InChI is InChI=1S/C19H15FN2O4S/c1-12-2-7-15(26-12)8-9-18(24)25-10-17(23)22-19-21-16(11-27-19)13-3-5-14(20)6-4-13/h2-9,11H,10H2,1H3,(H,21,22,23). The first-order valence-corrected chi connectivity index (χ1v) is 8.80. The molecule has 3 rings (SSSR count). The molecule has 0 saturated carbocycles. The van der Waals surface area contributed by atoms with Crippen LogP contribution in [0, 0.1) is 12.7 Å². The summed E-state index contributed by atoms with van der Waals surface area (Å²) in [6.07, 6.45) is 2.64. The van der Waals surface area contributed by atoms with Crippen molar-refractivity contribution in [1.29, 1.82) is 0 Å². The van der Waals surface area contributed by atoms with Crippen LogP contribution >= 0.6 is 11.3 Å². The van der Waals surface area contributed by atoms with E-state index in [1.807, 2.05) is 0 Å². The van der Waals surface area contributed by atoms with Crippen molar-refractivity contribution >= 4 is 34.4 Å². The second-order valence-corrected chi connectivity index (χ2v) is 6.34. The number of aryl methyl sites for hydroxylation is 1. The maximum Gasteiger partial charge on any atom is 0.331 e. The molecule has 2 aromatic heterocycles. The lowest BCUT2D eigenvalue weighted by molar-refractivity contribution is -0.142. The first kappa shape index (κ1) is 18.5. The van der Waals surface area contributed by atoms with Gasteiger partial charge >= 0.3 is 5.97 Å². The zero-order valence-electron chi connectivity index (χ0n) is 14.3. The molecule has 2 heterocycles. The number of aromatic nitrogens is 1. The first-order valence-electron chi connectivity index (χ1n) is 7.92. The Morgan fingerprint density at radius 2 is 2.04 bits per heavy atom. The molecule has 0 saturated heterocycles. The topological polar surface area (TPSA) is 81.4 Å². The van der Waals surface area contributed by atoms with Gasteiger partial charge in [0.2, 0.25) is 0 Å². The van der Waals surface area contributed by atoms with Crippen LogP contribution in [0.5, 0.6) is 0 Å². The molecule has 6 nitrogen and oxygen atoms in total. The normalized spacial score (nSPS) is 10.9. The number of carbonyl (C=O) groups is 2. The summed E-state index contributed by atoms with van der Waals surface area (Å²) < 4.78 is 23.1. The summed E-state index contributed by atoms with van der Waals surface area (Å²) >= 11 is 1.22. The molecule has 0 atom stereocenters. The van der Waals surface area contributed by atoms with E-state index in [1.54, 1.807) is 36.6 Å². The Morgan fingerprint density at radius 1 is 1.26 bits per heavy atom. The number of nitrogens with one attached hydrogen (secondary N) is 1. The molecule has 0 bridgehead atoms. The second kappa shape index (κ2) is 8.41. The van der Waals surface area contributed by atoms with Crippen molar-refractivity contribution < 1.29 is 23.1 Å². The van der Waals surface area contributed by atoms with Crippen LogP contribution in [0.4, 0.5) is 9.52 Å². The summed E-state index contributed by atoms with van der Waals surface area (Å²) in [4.78, 5) is 27.7. The Bertz CT molecular complexity index is 976. The molecule has 138 valence electrons. The molecular weight excluding hydrogens is 371 g/mol. The van der Waals surface area contributed by atoms with Crippen molar-refractivity contribution in [3.63, 3.8) is 0 Å². The second-order valence-electron chi connectivity index (χ2n) is 5.48. The largest absolute Gasteiger partial charge is 0.462 e. The Kier molecular flexibility index (Phi) is 5.77. The van der Waals surface area contributed by atoms with Gasteiger partial charge in [0.1, 0.15) is 17.3 Å². The SMILES string of the molecule is Cc1ccc(C=CC(=O)OCC(=O)Nc2nc(-c3ccc(F)cc3)cs2)o1. The van der Waals surface area contributed by atoms with Crippen molar-refractivity contribution in [3.05, 3.63) is 65.2 Å². The van der Waals surface area contributed by atoms with E-state index >= 15 is 0 Å². The van der Waals surface area contributed by atoms with Gasteiger partial charge in [-0.2, -0.15) is 0 Å². The summed E-state index contributed by atoms with van der Waals surface area (Å²) in [6.45, 7) is 1.35. The number of halogens is 1. The predicted octanol–water partition coefficient (Wildman–Crippen LogP) is 4.05. The summed E-state index contributed by atoms with van der Waals surface area (Å²) in [6, 6.07) is 9.36. The lowest BCUT2D eigenvalue weighted by Gasteiger charge is -2.02. The molecular formula is C19H15FN2O4S. The van der Waals surface area contributed by atoms with Crippen LogP contribution in [0.3, 0.4) is 0 Å². The summed E-state index contributed by atoms with van der Waals surface area (Å²) in [5, 5.41) is 4.65. The molecule has 0 aliphatic rings. The molecule has 0 fully saturated rings. The number of benzene rings is 1. The van der Waals surface area contributed by atoms with E-state index in [-0.39, 0.29) is 5.82 Å². The number of hydrogen-bond acceptors (Lipinski definition) is 6. The number of furan rings is 1. The van der Waals surface area contributed by atoms with E-state index in [9.17, 15) is 14.0 Å². The van der Waals surface area contributed by atoms with Crippen LogP contribution < -0.4 is 5.32 Å². The Hall–Kier alpha value is -3.26. The third kappa shape index (κ3) is 5.35. The molecule has 0 unspecified atom stereocenters. The first-order chi connectivity index (χ1) is 13.0. The van der Waals surface area contributed by atoms with Crippen LogP contribution in [0.2, 0.25) is 0 Å². The van der Waals surface area contributed by atoms with Gasteiger partial charge in [-0.3, -0.25) is 10.1 Å². The van der Waals surface area contributed by atoms with Gasteiger partial charge in [0.05, 0.1) is 5.69 Å². The van der Waals surface area contributed by atoms with Crippen LogP contribution in [-0.4, -0.2) is 23.5 Å². The van der Waals surface area contributed by atoms with Crippen molar-refractivity contribution in [3.8, 4) is 11.3 Å². The molecule has 27 heavy (non-hydrogen) atoms. The Balaban J connectivity index is 1.48. The molecule has 1 amide bonds. The van der Waals surface area contributed by atoms with Gasteiger partial charge in [-0.1, -0.05) is 0 Å². The van der Waals surface area contributed by atoms with Crippen LogP contribution in [-0.2, 0) is 14.3 Å². The Labute approximate surface area is 158 Å².